The van der Waals surface area contributed by atoms with Crippen molar-refractivity contribution in [2.45, 2.75) is 19.4 Å². The molecule has 0 bridgehead atoms. The van der Waals surface area contributed by atoms with Crippen molar-refractivity contribution in [3.63, 3.8) is 0 Å². The van der Waals surface area contributed by atoms with Gasteiger partial charge < -0.3 is 9.64 Å². The monoisotopic (exact) mass is 186 g/mol. The van der Waals surface area contributed by atoms with Gasteiger partial charge in [0.05, 0.1) is 6.61 Å². The van der Waals surface area contributed by atoms with Crippen molar-refractivity contribution >= 4 is 0 Å². The van der Waals surface area contributed by atoms with Crippen LogP contribution in [0.2, 0.25) is 0 Å². The Balaban J connectivity index is 2.31. The average Bonchev–Trinajstić information content (AvgIpc) is 2.26. The maximum atomic E-state index is 5.09. The normalized spacial score (nSPS) is 27.5. The van der Waals surface area contributed by atoms with Gasteiger partial charge in [0.2, 0.25) is 0 Å². The lowest BCUT2D eigenvalue weighted by Gasteiger charge is -2.25. The van der Waals surface area contributed by atoms with Gasteiger partial charge in [-0.25, -0.2) is 0 Å². The minimum atomic E-state index is 0.680. The molecule has 78 valence electrons. The van der Waals surface area contributed by atoms with Crippen molar-refractivity contribution < 1.29 is 4.74 Å². The van der Waals surface area contributed by atoms with E-state index in [1.165, 1.54) is 26.1 Å². The molecule has 13 heavy (non-hydrogen) atoms. The highest BCUT2D eigenvalue weighted by Gasteiger charge is 2.17. The summed E-state index contributed by atoms with van der Waals surface area (Å²) in [7, 11) is 3.98. The summed E-state index contributed by atoms with van der Waals surface area (Å²) in [5.74, 6) is 0. The van der Waals surface area contributed by atoms with Gasteiger partial charge in [-0.1, -0.05) is 0 Å². The summed E-state index contributed by atoms with van der Waals surface area (Å²) in [4.78, 5) is 4.93. The van der Waals surface area contributed by atoms with Crippen LogP contribution in [0.1, 0.15) is 13.3 Å². The third-order valence-corrected chi connectivity index (χ3v) is 2.87. The van der Waals surface area contributed by atoms with Crippen molar-refractivity contribution in [1.82, 2.24) is 9.80 Å². The SMILES string of the molecule is COCCN1CCCN(C)[C@@H](C)C1. The molecule has 0 amide bonds. The van der Waals surface area contributed by atoms with Crippen molar-refractivity contribution in [2.24, 2.45) is 0 Å². The molecule has 1 heterocycles. The Hall–Kier alpha value is -0.120. The lowest BCUT2D eigenvalue weighted by molar-refractivity contribution is 0.141. The minimum absolute atomic E-state index is 0.680. The van der Waals surface area contributed by atoms with Gasteiger partial charge in [0, 0.05) is 26.2 Å². The zero-order chi connectivity index (χ0) is 9.68. The Morgan fingerprint density at radius 2 is 2.15 bits per heavy atom. The van der Waals surface area contributed by atoms with Crippen molar-refractivity contribution in [3.8, 4) is 0 Å². The van der Waals surface area contributed by atoms with Gasteiger partial charge in [-0.3, -0.25) is 4.90 Å². The van der Waals surface area contributed by atoms with Crippen LogP contribution in [0.3, 0.4) is 0 Å². The predicted molar refractivity (Wildman–Crippen MR) is 55.0 cm³/mol. The van der Waals surface area contributed by atoms with Crippen molar-refractivity contribution in [3.05, 3.63) is 0 Å². The van der Waals surface area contributed by atoms with Gasteiger partial charge in [-0.15, -0.1) is 0 Å². The van der Waals surface area contributed by atoms with Gasteiger partial charge in [-0.2, -0.15) is 0 Å². The predicted octanol–water partition coefficient (Wildman–Crippen LogP) is 0.659. The highest BCUT2D eigenvalue weighted by Crippen LogP contribution is 2.06. The lowest BCUT2D eigenvalue weighted by atomic mass is 10.3. The molecule has 0 spiro atoms. The Labute approximate surface area is 81.7 Å². The summed E-state index contributed by atoms with van der Waals surface area (Å²) in [6.45, 7) is 7.86. The van der Waals surface area contributed by atoms with Gasteiger partial charge >= 0.3 is 0 Å². The van der Waals surface area contributed by atoms with Crippen LogP contribution >= 0.6 is 0 Å². The van der Waals surface area contributed by atoms with Gasteiger partial charge in [-0.05, 0) is 33.5 Å². The van der Waals surface area contributed by atoms with E-state index >= 15 is 0 Å². The Bertz CT molecular complexity index is 139. The van der Waals surface area contributed by atoms with Crippen LogP contribution in [0.4, 0.5) is 0 Å². The molecule has 1 atom stereocenters. The molecule has 0 N–H and O–H groups in total. The molecule has 1 saturated heterocycles. The molecule has 1 aliphatic rings. The van der Waals surface area contributed by atoms with Crippen LogP contribution in [0.5, 0.6) is 0 Å². The first-order chi connectivity index (χ1) is 6.24. The number of nitrogens with zero attached hydrogens (tertiary/aromatic N) is 2. The lowest BCUT2D eigenvalue weighted by Crippen LogP contribution is -2.37. The highest BCUT2D eigenvalue weighted by atomic mass is 16.5. The number of ether oxygens (including phenoxy) is 1. The number of hydrogen-bond acceptors (Lipinski definition) is 3. The minimum Gasteiger partial charge on any atom is -0.383 e. The second-order valence-corrected chi connectivity index (χ2v) is 3.98. The fraction of sp³-hybridized carbons (Fsp3) is 1.00. The molecule has 1 fully saturated rings. The fourth-order valence-electron chi connectivity index (χ4n) is 1.79. The largest absolute Gasteiger partial charge is 0.383 e. The first-order valence-electron chi connectivity index (χ1n) is 5.15. The topological polar surface area (TPSA) is 15.7 Å². The summed E-state index contributed by atoms with van der Waals surface area (Å²) in [6.07, 6.45) is 1.28. The van der Waals surface area contributed by atoms with Crippen LogP contribution in [0.25, 0.3) is 0 Å². The van der Waals surface area contributed by atoms with Crippen LogP contribution in [-0.2, 0) is 4.74 Å². The molecule has 3 nitrogen and oxygen atoms in total. The Morgan fingerprint density at radius 3 is 2.85 bits per heavy atom. The molecular formula is C10H22N2O. The number of hydrogen-bond donors (Lipinski definition) is 0. The molecule has 0 saturated carbocycles. The summed E-state index contributed by atoms with van der Waals surface area (Å²) < 4.78 is 5.09. The summed E-state index contributed by atoms with van der Waals surface area (Å²) in [5.41, 5.74) is 0. The second kappa shape index (κ2) is 5.58. The molecule has 0 aromatic carbocycles. The van der Waals surface area contributed by atoms with Crippen LogP contribution in [-0.4, -0.2) is 62.8 Å². The number of rotatable bonds is 3. The second-order valence-electron chi connectivity index (χ2n) is 3.98. The van der Waals surface area contributed by atoms with Gasteiger partial charge in [0.1, 0.15) is 0 Å². The molecule has 0 aromatic rings. The van der Waals surface area contributed by atoms with Gasteiger partial charge in [0.15, 0.2) is 0 Å². The molecule has 0 aromatic heterocycles. The smallest absolute Gasteiger partial charge is 0.0589 e. The van der Waals surface area contributed by atoms with E-state index in [1.54, 1.807) is 7.11 Å². The van der Waals surface area contributed by atoms with E-state index in [-0.39, 0.29) is 0 Å². The molecule has 3 heteroatoms. The Kier molecular flexibility index (Phi) is 4.70. The van der Waals surface area contributed by atoms with E-state index in [9.17, 15) is 0 Å². The van der Waals surface area contributed by atoms with Crippen LogP contribution < -0.4 is 0 Å². The maximum Gasteiger partial charge on any atom is 0.0589 e. The summed E-state index contributed by atoms with van der Waals surface area (Å²) >= 11 is 0. The fourth-order valence-corrected chi connectivity index (χ4v) is 1.79. The van der Waals surface area contributed by atoms with Gasteiger partial charge in [0.25, 0.3) is 0 Å². The summed E-state index contributed by atoms with van der Waals surface area (Å²) in [6, 6.07) is 0.680. The molecule has 1 rings (SSSR count). The highest BCUT2D eigenvalue weighted by molar-refractivity contribution is 4.74. The van der Waals surface area contributed by atoms with Crippen molar-refractivity contribution in [1.29, 1.82) is 0 Å². The first-order valence-corrected chi connectivity index (χ1v) is 5.15. The van der Waals surface area contributed by atoms with Crippen molar-refractivity contribution in [2.75, 3.05) is 46.9 Å². The first kappa shape index (κ1) is 11.0. The molecule has 1 aliphatic heterocycles. The summed E-state index contributed by atoms with van der Waals surface area (Å²) in [5, 5.41) is 0. The molecular weight excluding hydrogens is 164 g/mol. The van der Waals surface area contributed by atoms with E-state index < -0.39 is 0 Å². The molecule has 0 radical (unpaired) electrons. The zero-order valence-corrected chi connectivity index (χ0v) is 9.12. The van der Waals surface area contributed by atoms with E-state index in [2.05, 4.69) is 23.8 Å². The molecule has 0 aliphatic carbocycles. The van der Waals surface area contributed by atoms with Crippen LogP contribution in [0, 0.1) is 0 Å². The zero-order valence-electron chi connectivity index (χ0n) is 9.12. The number of likely N-dealkylation sites (N-methyl/N-ethyl adjacent to an activating group) is 1. The standard InChI is InChI=1S/C10H22N2O/c1-10-9-12(7-8-13-3)6-4-5-11(10)2/h10H,4-9H2,1-3H3/t10-/m0/s1. The maximum absolute atomic E-state index is 5.09. The molecule has 0 unspecified atom stereocenters. The van der Waals surface area contributed by atoms with E-state index in [1.807, 2.05) is 0 Å². The van der Waals surface area contributed by atoms with E-state index in [0.29, 0.717) is 6.04 Å². The third-order valence-electron chi connectivity index (χ3n) is 2.87. The van der Waals surface area contributed by atoms with Crippen LogP contribution in [0.15, 0.2) is 0 Å². The number of methoxy groups -OCH3 is 1. The van der Waals surface area contributed by atoms with E-state index in [0.717, 1.165) is 13.2 Å². The average molecular weight is 186 g/mol. The van der Waals surface area contributed by atoms with E-state index in [4.69, 9.17) is 4.74 Å². The quantitative estimate of drug-likeness (QED) is 0.644. The Morgan fingerprint density at radius 1 is 1.38 bits per heavy atom. The third kappa shape index (κ3) is 3.63.